The van der Waals surface area contributed by atoms with Gasteiger partial charge >= 0.3 is 0 Å². The highest BCUT2D eigenvalue weighted by molar-refractivity contribution is 6.00. The standard InChI is InChI=1S/C27H21FN8/c28-17-3-1-2-16(8-17)26-20-10-23(32-21(20)6-7-31-26)27-19-9-15(4-5-22(19)34-35-27)24-11-30-12-25(33-24)36-13-18(29)14-36/h1-12,18,32H,13-14,29H2,(H,34,35). The molecule has 2 aromatic carbocycles. The molecule has 4 N–H and O–H groups in total. The van der Waals surface area contributed by atoms with Crippen LogP contribution in [0.15, 0.2) is 73.2 Å². The Morgan fingerprint density at radius 1 is 0.917 bits per heavy atom. The van der Waals surface area contributed by atoms with Crippen molar-refractivity contribution >= 4 is 27.6 Å². The third kappa shape index (κ3) is 3.40. The molecule has 7 rings (SSSR count). The van der Waals surface area contributed by atoms with E-state index in [-0.39, 0.29) is 11.9 Å². The Labute approximate surface area is 205 Å². The summed E-state index contributed by atoms with van der Waals surface area (Å²) < 4.78 is 13.9. The van der Waals surface area contributed by atoms with E-state index in [1.807, 2.05) is 30.3 Å². The van der Waals surface area contributed by atoms with Crippen molar-refractivity contribution in [1.29, 1.82) is 0 Å². The molecule has 1 saturated heterocycles. The maximum atomic E-state index is 13.9. The first-order valence-corrected chi connectivity index (χ1v) is 11.7. The van der Waals surface area contributed by atoms with Crippen LogP contribution in [0.2, 0.25) is 0 Å². The minimum atomic E-state index is -0.294. The van der Waals surface area contributed by atoms with Crippen molar-refractivity contribution in [3.8, 4) is 33.9 Å². The highest BCUT2D eigenvalue weighted by Gasteiger charge is 2.24. The highest BCUT2D eigenvalue weighted by Crippen LogP contribution is 2.34. The number of aromatic nitrogens is 6. The normalized spacial score (nSPS) is 14.0. The molecule has 6 aromatic rings. The second-order valence-corrected chi connectivity index (χ2v) is 9.07. The number of halogens is 1. The van der Waals surface area contributed by atoms with E-state index in [2.05, 4.69) is 36.1 Å². The molecule has 5 heterocycles. The Balaban J connectivity index is 1.31. The van der Waals surface area contributed by atoms with Crippen molar-refractivity contribution in [3.63, 3.8) is 0 Å². The van der Waals surface area contributed by atoms with Crippen molar-refractivity contribution < 1.29 is 4.39 Å². The quantitative estimate of drug-likeness (QED) is 0.345. The summed E-state index contributed by atoms with van der Waals surface area (Å²) in [7, 11) is 0. The zero-order valence-corrected chi connectivity index (χ0v) is 19.1. The molecule has 36 heavy (non-hydrogen) atoms. The van der Waals surface area contributed by atoms with Gasteiger partial charge in [-0.25, -0.2) is 9.37 Å². The van der Waals surface area contributed by atoms with Crippen LogP contribution in [0, 0.1) is 5.82 Å². The fraction of sp³-hybridized carbons (Fsp3) is 0.111. The van der Waals surface area contributed by atoms with Gasteiger partial charge in [0.1, 0.15) is 17.3 Å². The van der Waals surface area contributed by atoms with Gasteiger partial charge in [0.25, 0.3) is 0 Å². The molecule has 0 aliphatic carbocycles. The Morgan fingerprint density at radius 3 is 2.67 bits per heavy atom. The molecule has 0 unspecified atom stereocenters. The van der Waals surface area contributed by atoms with E-state index in [0.29, 0.717) is 5.69 Å². The second-order valence-electron chi connectivity index (χ2n) is 9.07. The summed E-state index contributed by atoms with van der Waals surface area (Å²) in [6, 6.07) is 16.7. The van der Waals surface area contributed by atoms with Crippen LogP contribution in [0.3, 0.4) is 0 Å². The lowest BCUT2D eigenvalue weighted by molar-refractivity contribution is 0.514. The van der Waals surface area contributed by atoms with Crippen LogP contribution in [0.5, 0.6) is 0 Å². The van der Waals surface area contributed by atoms with Crippen molar-refractivity contribution in [2.24, 2.45) is 5.73 Å². The molecular weight excluding hydrogens is 455 g/mol. The third-order valence-electron chi connectivity index (χ3n) is 6.62. The van der Waals surface area contributed by atoms with E-state index in [0.717, 1.165) is 68.9 Å². The molecular formula is C27H21FN8. The third-order valence-corrected chi connectivity index (χ3v) is 6.62. The number of benzene rings is 2. The SMILES string of the molecule is NC1CN(c2cncc(-c3ccc4[nH]nc(-c5cc6c(-c7cccc(F)c7)nccc6[nH]5)c4c3)n2)C1. The average Bonchev–Trinajstić information content (AvgIpc) is 3.50. The molecule has 0 spiro atoms. The first-order valence-electron chi connectivity index (χ1n) is 11.7. The Morgan fingerprint density at radius 2 is 1.81 bits per heavy atom. The Kier molecular flexibility index (Phi) is 4.58. The lowest BCUT2D eigenvalue weighted by atomic mass is 10.1. The van der Waals surface area contributed by atoms with Gasteiger partial charge in [0.05, 0.1) is 35.0 Å². The van der Waals surface area contributed by atoms with Gasteiger partial charge in [-0.3, -0.25) is 15.1 Å². The number of nitrogens with two attached hydrogens (primary N) is 1. The Bertz CT molecular complexity index is 1750. The molecule has 0 bridgehead atoms. The topological polar surface area (TPSA) is 112 Å². The molecule has 176 valence electrons. The van der Waals surface area contributed by atoms with Gasteiger partial charge in [0, 0.05) is 52.7 Å². The molecule has 9 heteroatoms. The summed E-state index contributed by atoms with van der Waals surface area (Å²) in [5.74, 6) is 0.534. The number of rotatable bonds is 4. The van der Waals surface area contributed by atoms with Crippen molar-refractivity contribution in [1.82, 2.24) is 30.1 Å². The number of hydrogen-bond acceptors (Lipinski definition) is 6. The van der Waals surface area contributed by atoms with E-state index in [1.54, 1.807) is 24.7 Å². The van der Waals surface area contributed by atoms with Gasteiger partial charge in [0.2, 0.25) is 0 Å². The van der Waals surface area contributed by atoms with Crippen molar-refractivity contribution in [2.75, 3.05) is 18.0 Å². The summed E-state index contributed by atoms with van der Waals surface area (Å²) in [6.07, 6.45) is 5.26. The number of H-pyrrole nitrogens is 2. The summed E-state index contributed by atoms with van der Waals surface area (Å²) in [6.45, 7) is 1.58. The molecule has 1 aliphatic rings. The zero-order valence-electron chi connectivity index (χ0n) is 19.1. The van der Waals surface area contributed by atoms with Gasteiger partial charge in [-0.15, -0.1) is 0 Å². The lowest BCUT2D eigenvalue weighted by Gasteiger charge is -2.37. The fourth-order valence-electron chi connectivity index (χ4n) is 4.77. The number of aromatic amines is 2. The van der Waals surface area contributed by atoms with Crippen LogP contribution in [0.4, 0.5) is 10.2 Å². The number of hydrogen-bond donors (Lipinski definition) is 3. The van der Waals surface area contributed by atoms with Gasteiger partial charge < -0.3 is 15.6 Å². The smallest absolute Gasteiger partial charge is 0.147 e. The minimum Gasteiger partial charge on any atom is -0.353 e. The maximum absolute atomic E-state index is 13.9. The molecule has 1 aliphatic heterocycles. The van der Waals surface area contributed by atoms with Crippen LogP contribution in [-0.2, 0) is 0 Å². The molecule has 8 nitrogen and oxygen atoms in total. The second kappa shape index (κ2) is 7.96. The fourth-order valence-corrected chi connectivity index (χ4v) is 4.77. The van der Waals surface area contributed by atoms with Crippen LogP contribution in [0.25, 0.3) is 55.7 Å². The first-order chi connectivity index (χ1) is 17.6. The van der Waals surface area contributed by atoms with E-state index in [9.17, 15) is 4.39 Å². The van der Waals surface area contributed by atoms with Gasteiger partial charge in [-0.2, -0.15) is 5.10 Å². The monoisotopic (exact) mass is 476 g/mol. The molecule has 0 amide bonds. The highest BCUT2D eigenvalue weighted by atomic mass is 19.1. The first kappa shape index (κ1) is 20.7. The molecule has 0 saturated carbocycles. The minimum absolute atomic E-state index is 0.188. The average molecular weight is 477 g/mol. The van der Waals surface area contributed by atoms with Crippen LogP contribution < -0.4 is 10.6 Å². The predicted octanol–water partition coefficient (Wildman–Crippen LogP) is 4.52. The lowest BCUT2D eigenvalue weighted by Crippen LogP contribution is -2.56. The van der Waals surface area contributed by atoms with Crippen LogP contribution >= 0.6 is 0 Å². The van der Waals surface area contributed by atoms with Gasteiger partial charge in [-0.1, -0.05) is 18.2 Å². The number of nitrogens with zero attached hydrogens (tertiary/aromatic N) is 5. The van der Waals surface area contributed by atoms with Gasteiger partial charge in [0.15, 0.2) is 0 Å². The predicted molar refractivity (Wildman–Crippen MR) is 138 cm³/mol. The van der Waals surface area contributed by atoms with Gasteiger partial charge in [-0.05, 0) is 36.4 Å². The summed E-state index contributed by atoms with van der Waals surface area (Å²) >= 11 is 0. The van der Waals surface area contributed by atoms with E-state index in [1.165, 1.54) is 12.1 Å². The summed E-state index contributed by atoms with van der Waals surface area (Å²) in [5, 5.41) is 9.57. The van der Waals surface area contributed by atoms with Crippen LogP contribution in [0.1, 0.15) is 0 Å². The largest absolute Gasteiger partial charge is 0.353 e. The summed E-state index contributed by atoms with van der Waals surface area (Å²) in [5.41, 5.74) is 12.5. The number of anilines is 1. The van der Waals surface area contributed by atoms with Crippen LogP contribution in [-0.4, -0.2) is 49.3 Å². The molecule has 0 atom stereocenters. The number of pyridine rings is 1. The molecule has 4 aromatic heterocycles. The van der Waals surface area contributed by atoms with E-state index in [4.69, 9.17) is 10.7 Å². The Hall–Kier alpha value is -4.63. The van der Waals surface area contributed by atoms with Crippen molar-refractivity contribution in [2.45, 2.75) is 6.04 Å². The number of fused-ring (bicyclic) bond motifs is 2. The summed E-state index contributed by atoms with van der Waals surface area (Å²) in [4.78, 5) is 19.3. The van der Waals surface area contributed by atoms with Crippen molar-refractivity contribution in [3.05, 3.63) is 79.0 Å². The molecule has 0 radical (unpaired) electrons. The molecule has 1 fully saturated rings. The zero-order chi connectivity index (χ0) is 24.2. The number of nitrogens with one attached hydrogen (secondary N) is 2. The van der Waals surface area contributed by atoms with E-state index >= 15 is 0 Å². The van der Waals surface area contributed by atoms with E-state index < -0.39 is 0 Å². The maximum Gasteiger partial charge on any atom is 0.147 e.